The standard InChI is InChI=1S/C10H12N2O/c1-3-8-7-11-12-5-4-9(13-2)6-10(8)12/h3,6-7H,1,4-5H2,2H3. The Morgan fingerprint density at radius 3 is 3.23 bits per heavy atom. The molecule has 0 saturated heterocycles. The van der Waals surface area contributed by atoms with Crippen LogP contribution in [0.4, 0.5) is 0 Å². The SMILES string of the molecule is C=Cc1cnn2c1C=C(OC)CC2. The summed E-state index contributed by atoms with van der Waals surface area (Å²) in [7, 11) is 1.70. The van der Waals surface area contributed by atoms with Crippen LogP contribution < -0.4 is 0 Å². The van der Waals surface area contributed by atoms with E-state index in [0.717, 1.165) is 30.0 Å². The second-order valence-corrected chi connectivity index (χ2v) is 2.98. The van der Waals surface area contributed by atoms with Gasteiger partial charge in [0.2, 0.25) is 0 Å². The molecule has 3 heteroatoms. The zero-order chi connectivity index (χ0) is 9.26. The van der Waals surface area contributed by atoms with Gasteiger partial charge in [-0.1, -0.05) is 12.7 Å². The predicted octanol–water partition coefficient (Wildman–Crippen LogP) is 1.92. The minimum atomic E-state index is 0.892. The van der Waals surface area contributed by atoms with E-state index in [2.05, 4.69) is 11.7 Å². The first-order chi connectivity index (χ1) is 6.35. The molecule has 0 radical (unpaired) electrons. The molecular formula is C10H12N2O. The van der Waals surface area contributed by atoms with Gasteiger partial charge in [-0.2, -0.15) is 5.10 Å². The van der Waals surface area contributed by atoms with Crippen molar-refractivity contribution < 1.29 is 4.74 Å². The van der Waals surface area contributed by atoms with Crippen LogP contribution in [0.15, 0.2) is 18.5 Å². The number of methoxy groups -OCH3 is 1. The van der Waals surface area contributed by atoms with Crippen molar-refractivity contribution in [2.75, 3.05) is 7.11 Å². The summed E-state index contributed by atoms with van der Waals surface area (Å²) in [6, 6.07) is 0. The molecule has 0 atom stereocenters. The van der Waals surface area contributed by atoms with Crippen LogP contribution in [0.2, 0.25) is 0 Å². The highest BCUT2D eigenvalue weighted by atomic mass is 16.5. The van der Waals surface area contributed by atoms with Crippen molar-refractivity contribution in [2.45, 2.75) is 13.0 Å². The molecule has 2 rings (SSSR count). The van der Waals surface area contributed by atoms with E-state index in [-0.39, 0.29) is 0 Å². The molecule has 0 spiro atoms. The Hall–Kier alpha value is -1.51. The molecular weight excluding hydrogens is 164 g/mol. The fourth-order valence-electron chi connectivity index (χ4n) is 1.50. The quantitative estimate of drug-likeness (QED) is 0.688. The first-order valence-electron chi connectivity index (χ1n) is 4.28. The van der Waals surface area contributed by atoms with Crippen LogP contribution in [0.25, 0.3) is 12.2 Å². The van der Waals surface area contributed by atoms with E-state index in [4.69, 9.17) is 4.74 Å². The van der Waals surface area contributed by atoms with Gasteiger partial charge in [0, 0.05) is 24.6 Å². The van der Waals surface area contributed by atoms with Gasteiger partial charge in [0.25, 0.3) is 0 Å². The van der Waals surface area contributed by atoms with E-state index in [1.54, 1.807) is 7.11 Å². The monoisotopic (exact) mass is 176 g/mol. The highest BCUT2D eigenvalue weighted by molar-refractivity contribution is 5.62. The normalized spacial score (nSPS) is 14.7. The van der Waals surface area contributed by atoms with E-state index in [9.17, 15) is 0 Å². The summed E-state index contributed by atoms with van der Waals surface area (Å²) in [6.45, 7) is 4.63. The largest absolute Gasteiger partial charge is 0.501 e. The van der Waals surface area contributed by atoms with Crippen molar-refractivity contribution in [3.05, 3.63) is 29.8 Å². The number of hydrogen-bond acceptors (Lipinski definition) is 2. The number of ether oxygens (including phenoxy) is 1. The van der Waals surface area contributed by atoms with Crippen LogP contribution in [0.5, 0.6) is 0 Å². The molecule has 0 aromatic carbocycles. The van der Waals surface area contributed by atoms with Crippen molar-refractivity contribution in [1.29, 1.82) is 0 Å². The molecule has 0 amide bonds. The topological polar surface area (TPSA) is 27.1 Å². The summed E-state index contributed by atoms with van der Waals surface area (Å²) in [4.78, 5) is 0. The smallest absolute Gasteiger partial charge is 0.0995 e. The zero-order valence-corrected chi connectivity index (χ0v) is 7.66. The number of aromatic nitrogens is 2. The van der Waals surface area contributed by atoms with Crippen molar-refractivity contribution in [2.24, 2.45) is 0 Å². The molecule has 0 aliphatic carbocycles. The van der Waals surface area contributed by atoms with Gasteiger partial charge in [0.15, 0.2) is 0 Å². The summed E-state index contributed by atoms with van der Waals surface area (Å²) in [5.41, 5.74) is 2.16. The molecule has 0 unspecified atom stereocenters. The second kappa shape index (κ2) is 3.09. The lowest BCUT2D eigenvalue weighted by Gasteiger charge is -2.14. The Balaban J connectivity index is 2.47. The molecule has 68 valence electrons. The maximum Gasteiger partial charge on any atom is 0.0995 e. The highest BCUT2D eigenvalue weighted by Crippen LogP contribution is 2.21. The summed E-state index contributed by atoms with van der Waals surface area (Å²) in [5, 5.41) is 4.24. The van der Waals surface area contributed by atoms with E-state index in [1.165, 1.54) is 0 Å². The van der Waals surface area contributed by atoms with Gasteiger partial charge in [-0.25, -0.2) is 0 Å². The third-order valence-electron chi connectivity index (χ3n) is 2.26. The third-order valence-corrected chi connectivity index (χ3v) is 2.26. The number of allylic oxidation sites excluding steroid dienone is 1. The molecule has 13 heavy (non-hydrogen) atoms. The zero-order valence-electron chi connectivity index (χ0n) is 7.66. The number of nitrogens with zero attached hydrogens (tertiary/aromatic N) is 2. The summed E-state index contributed by atoms with van der Waals surface area (Å²) < 4.78 is 7.17. The lowest BCUT2D eigenvalue weighted by atomic mass is 10.1. The molecule has 1 aliphatic rings. The van der Waals surface area contributed by atoms with E-state index >= 15 is 0 Å². The van der Waals surface area contributed by atoms with Crippen LogP contribution in [0.3, 0.4) is 0 Å². The molecule has 0 saturated carbocycles. The fourth-order valence-corrected chi connectivity index (χ4v) is 1.50. The van der Waals surface area contributed by atoms with Crippen molar-refractivity contribution in [3.63, 3.8) is 0 Å². The lowest BCUT2D eigenvalue weighted by Crippen LogP contribution is -2.09. The molecule has 1 aromatic heterocycles. The lowest BCUT2D eigenvalue weighted by molar-refractivity contribution is 0.270. The molecule has 2 heterocycles. The molecule has 0 N–H and O–H groups in total. The van der Waals surface area contributed by atoms with Crippen LogP contribution >= 0.6 is 0 Å². The van der Waals surface area contributed by atoms with Gasteiger partial charge in [0.1, 0.15) is 0 Å². The molecule has 0 bridgehead atoms. The summed E-state index contributed by atoms with van der Waals surface area (Å²) >= 11 is 0. The van der Waals surface area contributed by atoms with Crippen LogP contribution in [0.1, 0.15) is 17.7 Å². The highest BCUT2D eigenvalue weighted by Gasteiger charge is 2.13. The van der Waals surface area contributed by atoms with Crippen molar-refractivity contribution >= 4 is 12.2 Å². The molecule has 3 nitrogen and oxygen atoms in total. The predicted molar refractivity (Wildman–Crippen MR) is 51.9 cm³/mol. The van der Waals surface area contributed by atoms with Gasteiger partial charge < -0.3 is 4.74 Å². The van der Waals surface area contributed by atoms with Crippen LogP contribution in [-0.2, 0) is 11.3 Å². The maximum atomic E-state index is 5.20. The minimum absolute atomic E-state index is 0.892. The second-order valence-electron chi connectivity index (χ2n) is 2.98. The van der Waals surface area contributed by atoms with Gasteiger partial charge in [0.05, 0.1) is 24.8 Å². The fraction of sp³-hybridized carbons (Fsp3) is 0.300. The number of fused-ring (bicyclic) bond motifs is 1. The summed E-state index contributed by atoms with van der Waals surface area (Å²) in [6.07, 6.45) is 6.58. The van der Waals surface area contributed by atoms with E-state index in [1.807, 2.05) is 23.0 Å². The van der Waals surface area contributed by atoms with Gasteiger partial charge >= 0.3 is 0 Å². The number of rotatable bonds is 2. The average Bonchev–Trinajstić information content (AvgIpc) is 2.59. The Morgan fingerprint density at radius 1 is 1.69 bits per heavy atom. The van der Waals surface area contributed by atoms with Crippen molar-refractivity contribution in [1.82, 2.24) is 9.78 Å². The summed E-state index contributed by atoms with van der Waals surface area (Å²) in [5.74, 6) is 1.01. The maximum absolute atomic E-state index is 5.20. The Kier molecular flexibility index (Phi) is 1.93. The Bertz CT molecular complexity index is 363. The average molecular weight is 176 g/mol. The number of aryl methyl sites for hydroxylation is 1. The van der Waals surface area contributed by atoms with Crippen LogP contribution in [-0.4, -0.2) is 16.9 Å². The first-order valence-corrected chi connectivity index (χ1v) is 4.28. The molecule has 1 aliphatic heterocycles. The van der Waals surface area contributed by atoms with Crippen LogP contribution in [0, 0.1) is 0 Å². The van der Waals surface area contributed by atoms with E-state index < -0.39 is 0 Å². The van der Waals surface area contributed by atoms with Gasteiger partial charge in [-0.05, 0) is 0 Å². The molecule has 0 fully saturated rings. The first kappa shape index (κ1) is 8.10. The molecule has 1 aromatic rings. The van der Waals surface area contributed by atoms with Gasteiger partial charge in [-0.15, -0.1) is 0 Å². The minimum Gasteiger partial charge on any atom is -0.501 e. The van der Waals surface area contributed by atoms with Crippen molar-refractivity contribution in [3.8, 4) is 0 Å². The third kappa shape index (κ3) is 1.26. The Morgan fingerprint density at radius 2 is 2.54 bits per heavy atom. The van der Waals surface area contributed by atoms with Gasteiger partial charge in [-0.3, -0.25) is 4.68 Å². The Labute approximate surface area is 77.3 Å². The van der Waals surface area contributed by atoms with E-state index in [0.29, 0.717) is 0 Å². The number of hydrogen-bond donors (Lipinski definition) is 0.